The second kappa shape index (κ2) is 23.7. The molecule has 7 aliphatic rings. The lowest BCUT2D eigenvalue weighted by Crippen LogP contribution is -2.67. The van der Waals surface area contributed by atoms with E-state index in [0.717, 1.165) is 102 Å². The molecule has 75 heavy (non-hydrogen) atoms. The van der Waals surface area contributed by atoms with Gasteiger partial charge in [0.15, 0.2) is 5.60 Å². The van der Waals surface area contributed by atoms with Crippen molar-refractivity contribution in [2.45, 2.75) is 75.1 Å². The van der Waals surface area contributed by atoms with Crippen molar-refractivity contribution < 1.29 is 61.9 Å². The minimum absolute atomic E-state index is 0.176. The van der Waals surface area contributed by atoms with Crippen molar-refractivity contribution in [1.29, 1.82) is 0 Å². The average Bonchev–Trinajstić information content (AvgIpc) is 3.99. The Kier molecular flexibility index (Phi) is 16.6. The second-order valence-electron chi connectivity index (χ2n) is 20.2. The van der Waals surface area contributed by atoms with Crippen LogP contribution in [-0.4, -0.2) is 181 Å². The number of nitrogens with zero attached hydrogens (tertiary/aromatic N) is 4. The van der Waals surface area contributed by atoms with Crippen LogP contribution in [0.25, 0.3) is 0 Å². The van der Waals surface area contributed by atoms with Crippen LogP contribution in [0.2, 0.25) is 12.1 Å². The van der Waals surface area contributed by atoms with Crippen LogP contribution in [0.3, 0.4) is 0 Å². The van der Waals surface area contributed by atoms with Gasteiger partial charge < -0.3 is 38.9 Å². The van der Waals surface area contributed by atoms with E-state index in [0.29, 0.717) is 82.4 Å². The van der Waals surface area contributed by atoms with Crippen LogP contribution >= 0.6 is 0 Å². The van der Waals surface area contributed by atoms with Crippen molar-refractivity contribution in [3.8, 4) is 0 Å². The molecule has 7 aliphatic heterocycles. The van der Waals surface area contributed by atoms with E-state index in [1.54, 1.807) is 18.2 Å². The first-order valence-electron chi connectivity index (χ1n) is 26.6. The van der Waals surface area contributed by atoms with Gasteiger partial charge in [0.2, 0.25) is 5.91 Å². The maximum atomic E-state index is 14.2. The number of hydrogen-bond donors (Lipinski definition) is 1. The highest BCUT2D eigenvalue weighted by atomic mass is 28.3. The van der Waals surface area contributed by atoms with Crippen LogP contribution in [0, 0.1) is 0 Å². The number of primary amides is 1. The normalized spacial score (nSPS) is 21.4. The molecule has 7 heterocycles. The van der Waals surface area contributed by atoms with Gasteiger partial charge in [0.05, 0.1) is 84.7 Å². The summed E-state index contributed by atoms with van der Waals surface area (Å²) in [6.07, 6.45) is 11.5. The fourth-order valence-electron chi connectivity index (χ4n) is 11.6. The monoisotopic (exact) mass is 1050 g/mol. The van der Waals surface area contributed by atoms with Crippen LogP contribution in [0.4, 0.5) is 0 Å². The lowest BCUT2D eigenvalue weighted by atomic mass is 9.78. The summed E-state index contributed by atoms with van der Waals surface area (Å²) in [6.45, 7) is 7.50. The molecule has 3 aromatic carbocycles. The van der Waals surface area contributed by atoms with Gasteiger partial charge in [-0.05, 0) is 64.6 Å². The fraction of sp³-hybridized carbons (Fsp3) is 0.500. The van der Waals surface area contributed by atoms with Crippen molar-refractivity contribution >= 4 is 54.0 Å². The molecule has 0 radical (unpaired) electrons. The van der Waals surface area contributed by atoms with E-state index in [9.17, 15) is 28.8 Å². The number of nitrogens with two attached hydrogens (primary N) is 1. The lowest BCUT2D eigenvalue weighted by molar-refractivity contribution is -0.139. The van der Waals surface area contributed by atoms with Crippen LogP contribution in [0.5, 0.6) is 0 Å². The van der Waals surface area contributed by atoms with E-state index in [4.69, 9.17) is 38.9 Å². The molecular weight excluding hydrogens is 979 g/mol. The number of esters is 1. The zero-order valence-electron chi connectivity index (χ0n) is 42.5. The minimum atomic E-state index is -2.55. The summed E-state index contributed by atoms with van der Waals surface area (Å²) in [6, 6.07) is 20.6. The summed E-state index contributed by atoms with van der Waals surface area (Å²) >= 11 is 0. The van der Waals surface area contributed by atoms with E-state index in [1.807, 2.05) is 0 Å². The first-order chi connectivity index (χ1) is 36.6. The van der Waals surface area contributed by atoms with Gasteiger partial charge in [-0.15, -0.1) is 0 Å². The Balaban J connectivity index is 0.860. The van der Waals surface area contributed by atoms with Gasteiger partial charge in [-0.3, -0.25) is 43.6 Å². The van der Waals surface area contributed by atoms with E-state index in [1.165, 1.54) is 34.7 Å². The molecule has 0 aliphatic carbocycles. The molecule has 2 N–H and O–H groups in total. The quantitative estimate of drug-likeness (QED) is 0.0504. The summed E-state index contributed by atoms with van der Waals surface area (Å²) in [5, 5.41) is 2.53. The molecule has 0 bridgehead atoms. The Morgan fingerprint density at radius 2 is 1.00 bits per heavy atom. The van der Waals surface area contributed by atoms with E-state index < -0.39 is 25.6 Å². The molecule has 2 unspecified atom stereocenters. The Bertz CT molecular complexity index is 2550. The molecule has 0 saturated carbocycles. The first-order valence-corrected chi connectivity index (χ1v) is 29.0. The first kappa shape index (κ1) is 52.7. The van der Waals surface area contributed by atoms with E-state index in [-0.39, 0.29) is 62.4 Å². The molecule has 2 atom stereocenters. The van der Waals surface area contributed by atoms with E-state index >= 15 is 0 Å². The van der Waals surface area contributed by atoms with Gasteiger partial charge in [0, 0.05) is 85.6 Å². The summed E-state index contributed by atoms with van der Waals surface area (Å²) in [5.41, 5.74) is 10.2. The third-order valence-corrected chi connectivity index (χ3v) is 21.1. The Labute approximate surface area is 438 Å². The number of rotatable bonds is 27. The number of hydrogen-bond acceptors (Lipinski definition) is 15. The van der Waals surface area contributed by atoms with Crippen molar-refractivity contribution in [2.75, 3.05) is 105 Å². The van der Waals surface area contributed by atoms with Crippen molar-refractivity contribution in [3.05, 3.63) is 118 Å². The van der Waals surface area contributed by atoms with Gasteiger partial charge in [0.25, 0.3) is 23.6 Å². The smallest absolute Gasteiger partial charge is 0.340 e. The van der Waals surface area contributed by atoms with Gasteiger partial charge in [-0.2, -0.15) is 0 Å². The standard InChI is InChI=1S/C56H67N5O13Si/c57-54(66)41-8-9-42-45(38-41)56(74-55(42)67)43-10-6-39(36-52(58-16-4-17-58)72-30-28-70-26-24-68-22-20-60-48(62)12-13-49(60)63)34-46(43)75(32-2-1-3-33-75)47-35-40(7-11-44(47)56)37-53(59-18-5-19-59)73-31-29-71-27-25-69-23-21-61-50(64)14-15-51(61)65/h6-15,34-35,38,52-53H,1-5,16-33,36-37H2,(H2,57,66). The number of ether oxygens (including phenoxy) is 7. The topological polar surface area (TPSA) is 206 Å². The third-order valence-electron chi connectivity index (χ3n) is 15.8. The SMILES string of the molecule is NC(=O)c1ccc2c(c1)C1(OC2=O)c2ccc(CC(OCCOCCOCCN3C(=O)C=CC3=O)N3CCC3)cc2[Si]2(CCCCC2)c2cc(CC(OCCOCCOCCN3C(=O)C=CC3=O)N3CCC3)ccc21. The summed E-state index contributed by atoms with van der Waals surface area (Å²) < 4.78 is 42.9. The van der Waals surface area contributed by atoms with E-state index in [2.05, 4.69) is 46.2 Å². The van der Waals surface area contributed by atoms with Crippen molar-refractivity contribution in [1.82, 2.24) is 19.6 Å². The maximum absolute atomic E-state index is 14.2. The molecule has 5 amide bonds. The Morgan fingerprint density at radius 1 is 0.547 bits per heavy atom. The molecule has 3 fully saturated rings. The second-order valence-corrected chi connectivity index (χ2v) is 24.5. The number of carbonyl (C=O) groups excluding carboxylic acids is 6. The summed E-state index contributed by atoms with van der Waals surface area (Å²) in [4.78, 5) is 81.2. The number of amides is 5. The maximum Gasteiger partial charge on any atom is 0.340 e. The van der Waals surface area contributed by atoms with Gasteiger partial charge in [-0.1, -0.05) is 55.7 Å². The highest BCUT2D eigenvalue weighted by Crippen LogP contribution is 2.51. The number of carbonyl (C=O) groups is 6. The van der Waals surface area contributed by atoms with Crippen molar-refractivity contribution in [2.24, 2.45) is 5.73 Å². The molecule has 18 nitrogen and oxygen atoms in total. The Morgan fingerprint density at radius 3 is 1.44 bits per heavy atom. The third kappa shape index (κ3) is 11.1. The molecule has 3 aromatic rings. The predicted molar refractivity (Wildman–Crippen MR) is 276 cm³/mol. The van der Waals surface area contributed by atoms with Gasteiger partial charge >= 0.3 is 5.97 Å². The zero-order valence-corrected chi connectivity index (χ0v) is 43.5. The Hall–Kier alpha value is -5.74. The number of likely N-dealkylation sites (tertiary alicyclic amines) is 2. The van der Waals surface area contributed by atoms with Crippen LogP contribution in [-0.2, 0) is 70.8 Å². The molecule has 3 saturated heterocycles. The highest BCUT2D eigenvalue weighted by Gasteiger charge is 2.58. The zero-order chi connectivity index (χ0) is 51.9. The van der Waals surface area contributed by atoms with Crippen LogP contribution in [0.1, 0.15) is 80.6 Å². The lowest BCUT2D eigenvalue weighted by Gasteiger charge is -2.48. The van der Waals surface area contributed by atoms with Crippen molar-refractivity contribution in [3.63, 3.8) is 0 Å². The summed E-state index contributed by atoms with van der Waals surface area (Å²) in [7, 11) is -2.55. The highest BCUT2D eigenvalue weighted by molar-refractivity contribution is 7.03. The number of fused-ring (bicyclic) bond motifs is 8. The summed E-state index contributed by atoms with van der Waals surface area (Å²) in [5.74, 6) is -2.32. The molecule has 2 spiro atoms. The minimum Gasteiger partial charge on any atom is -0.441 e. The van der Waals surface area contributed by atoms with Crippen LogP contribution < -0.4 is 16.1 Å². The molecule has 19 heteroatoms. The number of benzene rings is 3. The number of imide groups is 2. The van der Waals surface area contributed by atoms with Gasteiger partial charge in [-0.25, -0.2) is 4.79 Å². The fourth-order valence-corrected chi connectivity index (χ4v) is 17.4. The van der Waals surface area contributed by atoms with Crippen LogP contribution in [0.15, 0.2) is 78.9 Å². The molecule has 398 valence electrons. The molecular formula is C56H67N5O13Si. The molecule has 10 rings (SSSR count). The van der Waals surface area contributed by atoms with Gasteiger partial charge in [0.1, 0.15) is 20.5 Å². The predicted octanol–water partition coefficient (Wildman–Crippen LogP) is 2.41. The molecule has 0 aromatic heterocycles. The largest absolute Gasteiger partial charge is 0.441 e. The average molecular weight is 1050 g/mol.